The number of ether oxygens (including phenoxy) is 4. The third-order valence-corrected chi connectivity index (χ3v) is 11.4. The van der Waals surface area contributed by atoms with Gasteiger partial charge in [0.05, 0.1) is 5.56 Å². The smallest absolute Gasteiger partial charge is 0.231 e. The van der Waals surface area contributed by atoms with Gasteiger partial charge in [-0.05, 0) is 78.3 Å². The summed E-state index contributed by atoms with van der Waals surface area (Å²) in [4.78, 5) is 41.5. The van der Waals surface area contributed by atoms with Crippen LogP contribution in [0.5, 0.6) is 28.7 Å². The summed E-state index contributed by atoms with van der Waals surface area (Å²) in [5.41, 5.74) is -3.57. The molecule has 50 heavy (non-hydrogen) atoms. The minimum atomic E-state index is -2.71. The molecule has 3 aromatic carbocycles. The Morgan fingerprint density at radius 1 is 0.840 bits per heavy atom. The Labute approximate surface area is 287 Å². The summed E-state index contributed by atoms with van der Waals surface area (Å²) in [5, 5.41) is 48.3. The molecular formula is C39H36O11. The fourth-order valence-electron chi connectivity index (χ4n) is 9.39. The SMILES string of the molecule is CC(=O)C1=C(O)[C@]2(O)C(=O)C3=C(O)c4c(O)c(-c5ccc6c(c5)OCO6)cc(-c5ccc6c(c5)OCO6)c4C[C@]3(C)C[C@]2(C)C(C(C)C)C1=O. The van der Waals surface area contributed by atoms with Crippen molar-refractivity contribution in [3.63, 3.8) is 0 Å². The number of aromatic hydroxyl groups is 1. The van der Waals surface area contributed by atoms with Crippen LogP contribution in [0.3, 0.4) is 0 Å². The molecule has 0 bridgehead atoms. The summed E-state index contributed by atoms with van der Waals surface area (Å²) >= 11 is 0. The number of allylic oxidation sites excluding steroid dienone is 1. The number of aliphatic hydroxyl groups excluding tert-OH is 2. The number of Topliss-reactive ketones (excluding diaryl/α,β-unsaturated/α-hetero) is 3. The van der Waals surface area contributed by atoms with Crippen molar-refractivity contribution in [1.82, 2.24) is 0 Å². The van der Waals surface area contributed by atoms with Crippen LogP contribution in [0.2, 0.25) is 0 Å². The predicted octanol–water partition coefficient (Wildman–Crippen LogP) is 5.98. The molecule has 4 atom stereocenters. The molecule has 2 aliphatic heterocycles. The molecule has 11 nitrogen and oxygen atoms in total. The third-order valence-electron chi connectivity index (χ3n) is 11.4. The lowest BCUT2D eigenvalue weighted by Crippen LogP contribution is -2.69. The molecule has 3 aromatic rings. The largest absolute Gasteiger partial charge is 0.508 e. The zero-order chi connectivity index (χ0) is 35.7. The average molecular weight is 681 g/mol. The molecule has 8 rings (SSSR count). The second-order valence-corrected chi connectivity index (χ2v) is 14.8. The van der Waals surface area contributed by atoms with Crippen LogP contribution in [0.4, 0.5) is 0 Å². The van der Waals surface area contributed by atoms with E-state index in [9.17, 15) is 34.8 Å². The summed E-state index contributed by atoms with van der Waals surface area (Å²) < 4.78 is 22.3. The molecular weight excluding hydrogens is 644 g/mol. The van der Waals surface area contributed by atoms with Gasteiger partial charge < -0.3 is 39.4 Å². The maximum absolute atomic E-state index is 14.8. The zero-order valence-corrected chi connectivity index (χ0v) is 28.2. The van der Waals surface area contributed by atoms with Crippen LogP contribution in [-0.4, -0.2) is 57.0 Å². The topological polar surface area (TPSA) is 169 Å². The standard InChI is InChI=1S/C39H36O11/c1-17(2)30-33(42)28(18(3)40)35(44)39(46)36(45)31-34(43)29-23(13-37(31,4)14-38(30,39)5)21(19-6-8-24-26(10-19)49-15-47-24)12-22(32(29)41)20-7-9-25-27(11-20)50-16-48-25/h6-12,17,30,41,43-44,46H,13-16H2,1-5H3/t30?,37-,38-,39+/m1/s1. The first-order valence-corrected chi connectivity index (χ1v) is 16.5. The van der Waals surface area contributed by atoms with E-state index in [1.807, 2.05) is 18.2 Å². The molecule has 2 heterocycles. The van der Waals surface area contributed by atoms with Gasteiger partial charge >= 0.3 is 0 Å². The van der Waals surface area contributed by atoms with Crippen molar-refractivity contribution in [2.45, 2.75) is 53.1 Å². The van der Waals surface area contributed by atoms with Crippen molar-refractivity contribution in [3.05, 3.63) is 70.5 Å². The highest BCUT2D eigenvalue weighted by molar-refractivity contribution is 6.24. The molecule has 1 saturated carbocycles. The molecule has 11 heteroatoms. The lowest BCUT2D eigenvalue weighted by Gasteiger charge is -2.59. The number of phenols is 1. The number of ketones is 3. The van der Waals surface area contributed by atoms with Crippen molar-refractivity contribution < 1.29 is 53.8 Å². The van der Waals surface area contributed by atoms with E-state index in [0.717, 1.165) is 6.92 Å². The van der Waals surface area contributed by atoms with Gasteiger partial charge in [-0.2, -0.15) is 0 Å². The van der Waals surface area contributed by atoms with E-state index in [2.05, 4.69) is 0 Å². The van der Waals surface area contributed by atoms with E-state index in [0.29, 0.717) is 50.8 Å². The Kier molecular flexibility index (Phi) is 6.62. The van der Waals surface area contributed by atoms with Gasteiger partial charge in [0.2, 0.25) is 19.4 Å². The van der Waals surface area contributed by atoms with E-state index in [-0.39, 0.29) is 43.3 Å². The van der Waals surface area contributed by atoms with Gasteiger partial charge in [-0.15, -0.1) is 0 Å². The molecule has 0 saturated heterocycles. The fourth-order valence-corrected chi connectivity index (χ4v) is 9.39. The van der Waals surface area contributed by atoms with Crippen LogP contribution in [-0.2, 0) is 20.8 Å². The van der Waals surface area contributed by atoms with Crippen LogP contribution in [0.15, 0.2) is 59.4 Å². The van der Waals surface area contributed by atoms with Gasteiger partial charge in [0.1, 0.15) is 22.8 Å². The predicted molar refractivity (Wildman–Crippen MR) is 179 cm³/mol. The van der Waals surface area contributed by atoms with Gasteiger partial charge in [0, 0.05) is 27.9 Å². The first-order valence-electron chi connectivity index (χ1n) is 16.5. The quantitative estimate of drug-likeness (QED) is 0.239. The monoisotopic (exact) mass is 680 g/mol. The van der Waals surface area contributed by atoms with Crippen LogP contribution in [0.25, 0.3) is 28.0 Å². The van der Waals surface area contributed by atoms with Gasteiger partial charge in [-0.1, -0.05) is 39.8 Å². The van der Waals surface area contributed by atoms with Crippen molar-refractivity contribution in [1.29, 1.82) is 0 Å². The highest BCUT2D eigenvalue weighted by Crippen LogP contribution is 2.66. The number of carbonyl (C=O) groups is 3. The normalized spacial score (nSPS) is 27.8. The Hall–Kier alpha value is -5.29. The van der Waals surface area contributed by atoms with Crippen LogP contribution < -0.4 is 18.9 Å². The third kappa shape index (κ3) is 3.98. The molecule has 1 fully saturated rings. The molecule has 1 unspecified atom stereocenters. The minimum absolute atomic E-state index is 0.0107. The number of rotatable bonds is 4. The summed E-state index contributed by atoms with van der Waals surface area (Å²) in [7, 11) is 0. The molecule has 0 radical (unpaired) electrons. The summed E-state index contributed by atoms with van der Waals surface area (Å²) in [6, 6.07) is 12.4. The van der Waals surface area contributed by atoms with Crippen molar-refractivity contribution in [3.8, 4) is 51.0 Å². The van der Waals surface area contributed by atoms with E-state index >= 15 is 0 Å². The van der Waals surface area contributed by atoms with Crippen LogP contribution >= 0.6 is 0 Å². The Morgan fingerprint density at radius 3 is 1.96 bits per heavy atom. The average Bonchev–Trinajstić information content (AvgIpc) is 3.71. The van der Waals surface area contributed by atoms with Gasteiger partial charge in [-0.25, -0.2) is 0 Å². The van der Waals surface area contributed by atoms with Crippen LogP contribution in [0.1, 0.15) is 52.2 Å². The Morgan fingerprint density at radius 2 is 1.40 bits per heavy atom. The van der Waals surface area contributed by atoms with Gasteiger partial charge in [-0.3, -0.25) is 14.4 Å². The van der Waals surface area contributed by atoms with Gasteiger partial charge in [0.25, 0.3) is 0 Å². The summed E-state index contributed by atoms with van der Waals surface area (Å²) in [5.74, 6) is -3.66. The first-order chi connectivity index (χ1) is 23.6. The van der Waals surface area contributed by atoms with E-state index in [1.165, 1.54) is 0 Å². The van der Waals surface area contributed by atoms with Crippen LogP contribution in [0, 0.1) is 22.7 Å². The number of phenolic OH excluding ortho intramolecular Hbond substituents is 1. The number of benzene rings is 3. The Bertz CT molecular complexity index is 2160. The number of aliphatic hydroxyl groups is 3. The van der Waals surface area contributed by atoms with Gasteiger partial charge in [0.15, 0.2) is 40.2 Å². The second-order valence-electron chi connectivity index (χ2n) is 14.8. The van der Waals surface area contributed by atoms with Crippen molar-refractivity contribution in [2.24, 2.45) is 22.7 Å². The number of fused-ring (bicyclic) bond motifs is 5. The fraction of sp³-hybridized carbons (Fsp3) is 0.359. The summed E-state index contributed by atoms with van der Waals surface area (Å²) in [6.45, 7) is 8.12. The highest BCUT2D eigenvalue weighted by Gasteiger charge is 2.72. The minimum Gasteiger partial charge on any atom is -0.508 e. The first kappa shape index (κ1) is 31.9. The molecule has 4 N–H and O–H groups in total. The number of carbonyl (C=O) groups excluding carboxylic acids is 3. The zero-order valence-electron chi connectivity index (χ0n) is 28.2. The maximum atomic E-state index is 14.8. The molecule has 3 aliphatic carbocycles. The highest BCUT2D eigenvalue weighted by atomic mass is 16.7. The molecule has 0 spiro atoms. The van der Waals surface area contributed by atoms with E-state index < -0.39 is 62.7 Å². The lowest BCUT2D eigenvalue weighted by molar-refractivity contribution is -0.178. The maximum Gasteiger partial charge on any atom is 0.231 e. The van der Waals surface area contributed by atoms with E-state index in [1.54, 1.807) is 52.0 Å². The number of hydrogen-bond acceptors (Lipinski definition) is 11. The van der Waals surface area contributed by atoms with Crippen molar-refractivity contribution >= 4 is 23.1 Å². The lowest BCUT2D eigenvalue weighted by atomic mass is 9.43. The molecule has 5 aliphatic rings. The molecule has 0 amide bonds. The molecule has 258 valence electrons. The summed E-state index contributed by atoms with van der Waals surface area (Å²) in [6.07, 6.45) is 0.0943. The van der Waals surface area contributed by atoms with E-state index in [4.69, 9.17) is 18.9 Å². The van der Waals surface area contributed by atoms with Crippen molar-refractivity contribution in [2.75, 3.05) is 13.6 Å². The Balaban J connectivity index is 1.41. The molecule has 0 aromatic heterocycles. The number of hydrogen-bond donors (Lipinski definition) is 4. The second kappa shape index (κ2) is 10.4.